The van der Waals surface area contributed by atoms with Crippen LogP contribution in [0.1, 0.15) is 63.8 Å². The number of amidine groups is 1. The molecule has 1 saturated heterocycles. The molecule has 2 aliphatic heterocycles. The fraction of sp³-hybridized carbons (Fsp3) is 0.432. The van der Waals surface area contributed by atoms with Crippen LogP contribution in [0, 0.1) is 0 Å². The molecule has 2 heterocycles. The summed E-state index contributed by atoms with van der Waals surface area (Å²) in [5.74, 6) is 0.931. The van der Waals surface area contributed by atoms with Crippen LogP contribution in [0.3, 0.4) is 0 Å². The Bertz CT molecular complexity index is 1670. The summed E-state index contributed by atoms with van der Waals surface area (Å²) >= 11 is 12.7. The van der Waals surface area contributed by atoms with Crippen molar-refractivity contribution in [1.29, 1.82) is 0 Å². The summed E-state index contributed by atoms with van der Waals surface area (Å²) in [7, 11) is 0. The van der Waals surface area contributed by atoms with Crippen LogP contribution in [0.2, 0.25) is 10.0 Å². The number of hydrogen-bond acceptors (Lipinski definition) is 6. The third-order valence-corrected chi connectivity index (χ3v) is 10.1. The van der Waals surface area contributed by atoms with Gasteiger partial charge in [-0.1, -0.05) is 53.5 Å². The lowest BCUT2D eigenvalue weighted by Gasteiger charge is -2.47. The number of aliphatic imine (C=N–C) groups is 1. The van der Waals surface area contributed by atoms with Crippen molar-refractivity contribution in [1.82, 2.24) is 20.0 Å². The Hall–Kier alpha value is -3.63. The number of hydrogen-bond donors (Lipinski definition) is 2. The van der Waals surface area contributed by atoms with Crippen LogP contribution in [0.5, 0.6) is 5.75 Å². The van der Waals surface area contributed by atoms with Crippen molar-refractivity contribution in [3.8, 4) is 5.75 Å². The van der Waals surface area contributed by atoms with Crippen molar-refractivity contribution >= 4 is 41.0 Å². The zero-order valence-corrected chi connectivity index (χ0v) is 30.0. The molecule has 1 fully saturated rings. The number of piperazine rings is 1. The second-order valence-corrected chi connectivity index (χ2v) is 14.1. The molecular weight excluding hydrogens is 649 g/mol. The molecule has 2 aliphatic rings. The van der Waals surface area contributed by atoms with Crippen molar-refractivity contribution in [2.24, 2.45) is 4.99 Å². The topological polar surface area (TPSA) is 97.7 Å². The van der Waals surface area contributed by atoms with Gasteiger partial charge in [-0.05, 0) is 87.7 Å². The summed E-state index contributed by atoms with van der Waals surface area (Å²) < 4.78 is 6.19. The van der Waals surface area contributed by atoms with Gasteiger partial charge in [0.2, 0.25) is 5.91 Å². The van der Waals surface area contributed by atoms with E-state index in [2.05, 4.69) is 17.1 Å². The third kappa shape index (κ3) is 6.92. The minimum Gasteiger partial charge on any atom is -0.493 e. The highest BCUT2D eigenvalue weighted by Gasteiger charge is 2.60. The van der Waals surface area contributed by atoms with Crippen molar-refractivity contribution in [2.75, 3.05) is 45.9 Å². The van der Waals surface area contributed by atoms with Crippen molar-refractivity contribution in [2.45, 2.75) is 58.2 Å². The van der Waals surface area contributed by atoms with Crippen LogP contribution in [0.25, 0.3) is 0 Å². The van der Waals surface area contributed by atoms with E-state index >= 15 is 4.79 Å². The Morgan fingerprint density at radius 1 is 0.938 bits per heavy atom. The van der Waals surface area contributed by atoms with Crippen LogP contribution in [-0.4, -0.2) is 83.5 Å². The van der Waals surface area contributed by atoms with Gasteiger partial charge in [0.15, 0.2) is 0 Å². The molecule has 0 radical (unpaired) electrons. The number of halogens is 2. The molecule has 0 spiro atoms. The van der Waals surface area contributed by atoms with Crippen molar-refractivity contribution < 1.29 is 19.4 Å². The van der Waals surface area contributed by atoms with E-state index in [1.54, 1.807) is 13.8 Å². The number of carbonyl (C=O) groups is 2. The van der Waals surface area contributed by atoms with E-state index in [0.29, 0.717) is 78.6 Å². The first-order valence-electron chi connectivity index (χ1n) is 16.4. The molecule has 0 aliphatic carbocycles. The average Bonchev–Trinajstić information content (AvgIpc) is 3.29. The molecule has 48 heavy (non-hydrogen) atoms. The van der Waals surface area contributed by atoms with Crippen LogP contribution < -0.4 is 10.1 Å². The molecule has 3 aromatic rings. The van der Waals surface area contributed by atoms with E-state index in [9.17, 15) is 9.90 Å². The minimum absolute atomic E-state index is 0.0584. The molecular formula is C37H45Cl2N5O4. The normalized spacial score (nSPS) is 21.6. The molecule has 0 saturated carbocycles. The van der Waals surface area contributed by atoms with Crippen molar-refractivity contribution in [3.63, 3.8) is 0 Å². The van der Waals surface area contributed by atoms with Gasteiger partial charge in [0.25, 0.3) is 0 Å². The minimum atomic E-state index is -1.10. The third-order valence-electron chi connectivity index (χ3n) is 9.61. The van der Waals surface area contributed by atoms with Gasteiger partial charge in [-0.2, -0.15) is 0 Å². The fourth-order valence-electron chi connectivity index (χ4n) is 6.62. The summed E-state index contributed by atoms with van der Waals surface area (Å²) in [5.41, 5.74) is -0.0459. The van der Waals surface area contributed by atoms with Crippen molar-refractivity contribution in [3.05, 3.63) is 99.0 Å². The first-order chi connectivity index (χ1) is 22.7. The van der Waals surface area contributed by atoms with E-state index in [4.69, 9.17) is 32.9 Å². The maximum Gasteiger partial charge on any atom is 0.326 e. The second-order valence-electron chi connectivity index (χ2n) is 13.2. The fourth-order valence-corrected chi connectivity index (χ4v) is 6.88. The Kier molecular flexibility index (Phi) is 10.5. The number of carbonyl (C=O) groups excluding carboxylic acids is 2. The summed E-state index contributed by atoms with van der Waals surface area (Å²) in [6.07, 6.45) is 0. The quantitative estimate of drug-likeness (QED) is 0.271. The van der Waals surface area contributed by atoms with E-state index in [-0.39, 0.29) is 11.9 Å². The number of ether oxygens (including phenoxy) is 1. The number of nitrogens with one attached hydrogen (secondary N) is 1. The maximum atomic E-state index is 15.1. The molecule has 3 aromatic carbocycles. The standard InChI is InChI=1S/C37H45Cl2N5O4/c1-7-48-32-24-28(35(3,4)47)12-17-31(32)33-41-36(5,26-8-13-29(38)14-9-26)37(6,27-10-15-30(39)16-11-27)44(33)34(46)43-22-20-42(21-23-43)19-18-40-25(2)45/h8-17,24,47H,7,18-23H2,1-6H3,(H,40,45)/t36-,37+/m0/s1. The molecule has 9 nitrogen and oxygen atoms in total. The predicted octanol–water partition coefficient (Wildman–Crippen LogP) is 6.39. The Balaban J connectivity index is 1.67. The van der Waals surface area contributed by atoms with Crippen LogP contribution >= 0.6 is 23.2 Å². The molecule has 2 N–H and O–H groups in total. The summed E-state index contributed by atoms with van der Waals surface area (Å²) in [6.45, 7) is 15.0. The molecule has 0 unspecified atom stereocenters. The number of amides is 3. The summed E-state index contributed by atoms with van der Waals surface area (Å²) in [6, 6.07) is 20.6. The lowest BCUT2D eigenvalue weighted by Crippen LogP contribution is -2.61. The van der Waals surface area contributed by atoms with Crippen LogP contribution in [0.15, 0.2) is 71.7 Å². The molecule has 11 heteroatoms. The van der Waals surface area contributed by atoms with Gasteiger partial charge >= 0.3 is 6.03 Å². The summed E-state index contributed by atoms with van der Waals surface area (Å²) in [5, 5.41) is 14.9. The number of rotatable bonds is 9. The second kappa shape index (κ2) is 14.1. The van der Waals surface area contributed by atoms with Gasteiger partial charge in [0.1, 0.15) is 22.7 Å². The Morgan fingerprint density at radius 3 is 2.06 bits per heavy atom. The predicted molar refractivity (Wildman–Crippen MR) is 191 cm³/mol. The number of nitrogens with zero attached hydrogens (tertiary/aromatic N) is 4. The highest BCUT2D eigenvalue weighted by molar-refractivity contribution is 6.30. The summed E-state index contributed by atoms with van der Waals surface area (Å²) in [4.78, 5) is 37.9. The molecule has 0 aromatic heterocycles. The molecule has 3 amide bonds. The molecule has 256 valence electrons. The van der Waals surface area contributed by atoms with E-state index in [1.165, 1.54) is 6.92 Å². The van der Waals surface area contributed by atoms with E-state index < -0.39 is 16.7 Å². The van der Waals surface area contributed by atoms with Gasteiger partial charge in [0, 0.05) is 56.2 Å². The zero-order chi connectivity index (χ0) is 34.9. The zero-order valence-electron chi connectivity index (χ0n) is 28.5. The molecule has 5 rings (SSSR count). The SMILES string of the molecule is CCOc1cc(C(C)(C)O)ccc1C1=N[C@@](C)(c2ccc(Cl)cc2)[C@@](C)(c2ccc(Cl)cc2)N1C(=O)N1CCN(CCNC(C)=O)CC1. The van der Waals surface area contributed by atoms with Gasteiger partial charge in [0.05, 0.1) is 17.8 Å². The maximum absolute atomic E-state index is 15.1. The lowest BCUT2D eigenvalue weighted by molar-refractivity contribution is -0.119. The van der Waals surface area contributed by atoms with Gasteiger partial charge < -0.3 is 20.1 Å². The Labute approximate surface area is 293 Å². The first kappa shape index (κ1) is 35.7. The first-order valence-corrected chi connectivity index (χ1v) is 17.1. The Morgan fingerprint density at radius 2 is 1.52 bits per heavy atom. The van der Waals surface area contributed by atoms with Gasteiger partial charge in [-0.15, -0.1) is 0 Å². The highest BCUT2D eigenvalue weighted by Crippen LogP contribution is 2.54. The van der Waals surface area contributed by atoms with Crippen LogP contribution in [-0.2, 0) is 21.5 Å². The monoisotopic (exact) mass is 693 g/mol. The van der Waals surface area contributed by atoms with Gasteiger partial charge in [-0.25, -0.2) is 4.79 Å². The average molecular weight is 695 g/mol. The number of benzene rings is 3. The van der Waals surface area contributed by atoms with Crippen LogP contribution in [0.4, 0.5) is 4.79 Å². The van der Waals surface area contributed by atoms with E-state index in [1.807, 2.05) is 90.4 Å². The largest absolute Gasteiger partial charge is 0.493 e. The number of aliphatic hydroxyl groups is 1. The molecule has 2 atom stereocenters. The highest BCUT2D eigenvalue weighted by atomic mass is 35.5. The lowest BCUT2D eigenvalue weighted by atomic mass is 9.71. The van der Waals surface area contributed by atoms with Gasteiger partial charge in [-0.3, -0.25) is 19.6 Å². The molecule has 0 bridgehead atoms. The smallest absolute Gasteiger partial charge is 0.326 e. The number of urea groups is 1. The van der Waals surface area contributed by atoms with E-state index in [0.717, 1.165) is 11.1 Å².